The predicted molar refractivity (Wildman–Crippen MR) is 132 cm³/mol. The van der Waals surface area contributed by atoms with Crippen LogP contribution < -0.4 is 10.9 Å². The Labute approximate surface area is 193 Å². The van der Waals surface area contributed by atoms with Crippen molar-refractivity contribution in [2.45, 2.75) is 65.1 Å². The summed E-state index contributed by atoms with van der Waals surface area (Å²) in [6, 6.07) is 12.9. The second-order valence-electron chi connectivity index (χ2n) is 8.94. The average Bonchev–Trinajstić information content (AvgIpc) is 2.76. The minimum atomic E-state index is -0.264. The van der Waals surface area contributed by atoms with Gasteiger partial charge in [-0.15, -0.1) is 0 Å². The van der Waals surface area contributed by atoms with Crippen molar-refractivity contribution in [1.82, 2.24) is 15.2 Å². The van der Waals surface area contributed by atoms with Gasteiger partial charge in [-0.3, -0.25) is 4.79 Å². The first-order valence-corrected chi connectivity index (χ1v) is 11.7. The number of hydrogen-bond acceptors (Lipinski definition) is 2. The minimum absolute atomic E-state index is 0.103. The minimum Gasteiger partial charge on any atom is -0.360 e. The zero-order chi connectivity index (χ0) is 22.7. The molecule has 1 aromatic heterocycles. The van der Waals surface area contributed by atoms with Gasteiger partial charge in [0, 0.05) is 18.2 Å². The van der Waals surface area contributed by atoms with Crippen molar-refractivity contribution in [2.75, 3.05) is 0 Å². The van der Waals surface area contributed by atoms with Crippen molar-refractivity contribution < 1.29 is 4.39 Å². The number of thiocarbonyl (C=S) groups is 1. The normalized spacial score (nSPS) is 14.5. The second kappa shape index (κ2) is 9.82. The quantitative estimate of drug-likeness (QED) is 0.504. The summed E-state index contributed by atoms with van der Waals surface area (Å²) in [5, 5.41) is 5.18. The molecular formula is C26H30FN3OS. The van der Waals surface area contributed by atoms with E-state index in [0.717, 1.165) is 40.4 Å². The van der Waals surface area contributed by atoms with E-state index in [1.54, 1.807) is 12.1 Å². The van der Waals surface area contributed by atoms with E-state index >= 15 is 0 Å². The molecule has 1 saturated carbocycles. The summed E-state index contributed by atoms with van der Waals surface area (Å²) >= 11 is 5.79. The molecule has 4 nitrogen and oxygen atoms in total. The molecule has 2 aromatic carbocycles. The molecule has 6 heteroatoms. The Kier molecular flexibility index (Phi) is 6.89. The van der Waals surface area contributed by atoms with Crippen LogP contribution in [-0.2, 0) is 13.1 Å². The number of halogens is 1. The molecule has 0 unspecified atom stereocenters. The van der Waals surface area contributed by atoms with E-state index in [0.29, 0.717) is 29.8 Å². The van der Waals surface area contributed by atoms with Gasteiger partial charge in [-0.2, -0.15) is 0 Å². The third-order valence-electron chi connectivity index (χ3n) is 6.24. The summed E-state index contributed by atoms with van der Waals surface area (Å²) in [4.78, 5) is 18.0. The summed E-state index contributed by atoms with van der Waals surface area (Å²) in [5.74, 6) is -0.264. The first-order chi connectivity index (χ1) is 15.4. The van der Waals surface area contributed by atoms with E-state index in [-0.39, 0.29) is 11.4 Å². The van der Waals surface area contributed by atoms with Crippen LogP contribution in [0.5, 0.6) is 0 Å². The van der Waals surface area contributed by atoms with Crippen molar-refractivity contribution in [1.29, 1.82) is 0 Å². The van der Waals surface area contributed by atoms with Crippen LogP contribution in [0.2, 0.25) is 0 Å². The van der Waals surface area contributed by atoms with E-state index < -0.39 is 0 Å². The molecule has 3 aromatic rings. The number of aryl methyl sites for hydroxylation is 2. The molecule has 1 fully saturated rings. The van der Waals surface area contributed by atoms with E-state index in [1.807, 2.05) is 17.9 Å². The summed E-state index contributed by atoms with van der Waals surface area (Å²) in [7, 11) is 0. The van der Waals surface area contributed by atoms with Gasteiger partial charge in [0.15, 0.2) is 5.11 Å². The molecule has 0 bridgehead atoms. The van der Waals surface area contributed by atoms with Crippen molar-refractivity contribution >= 4 is 28.2 Å². The Morgan fingerprint density at radius 2 is 1.81 bits per heavy atom. The molecule has 2 N–H and O–H groups in total. The molecule has 0 radical (unpaired) electrons. The molecule has 4 rings (SSSR count). The van der Waals surface area contributed by atoms with E-state index in [1.165, 1.54) is 31.4 Å². The van der Waals surface area contributed by atoms with Crippen molar-refractivity contribution in [2.24, 2.45) is 0 Å². The van der Waals surface area contributed by atoms with Gasteiger partial charge >= 0.3 is 0 Å². The maximum atomic E-state index is 13.4. The maximum Gasteiger partial charge on any atom is 0.253 e. The lowest BCUT2D eigenvalue weighted by molar-refractivity contribution is 0.362. The Bertz CT molecular complexity index is 1170. The molecular weight excluding hydrogens is 421 g/mol. The standard InChI is InChI=1S/C26H30FN3OS/c1-17-12-18(2)24-20(13-17)14-21(25(31)29-24)16-30(15-19-8-10-22(27)11-9-19)26(32)28-23-6-4-3-5-7-23/h8-14,23H,3-7,15-16H2,1-2H3,(H,28,32)(H,29,31). The molecule has 32 heavy (non-hydrogen) atoms. The number of fused-ring (bicyclic) bond motifs is 1. The van der Waals surface area contributed by atoms with Crippen LogP contribution in [0, 0.1) is 19.7 Å². The zero-order valence-corrected chi connectivity index (χ0v) is 19.5. The van der Waals surface area contributed by atoms with Gasteiger partial charge in [-0.05, 0) is 79.7 Å². The van der Waals surface area contributed by atoms with Gasteiger partial charge in [0.2, 0.25) is 0 Å². The van der Waals surface area contributed by atoms with Gasteiger partial charge in [0.25, 0.3) is 5.56 Å². The number of pyridine rings is 1. The molecule has 0 amide bonds. The van der Waals surface area contributed by atoms with Crippen molar-refractivity contribution in [3.8, 4) is 0 Å². The molecule has 0 atom stereocenters. The van der Waals surface area contributed by atoms with Gasteiger partial charge in [0.05, 0.1) is 12.1 Å². The van der Waals surface area contributed by atoms with Crippen LogP contribution in [0.1, 0.15) is 54.4 Å². The number of aromatic nitrogens is 1. The van der Waals surface area contributed by atoms with Crippen LogP contribution >= 0.6 is 12.2 Å². The van der Waals surface area contributed by atoms with Crippen LogP contribution in [0.3, 0.4) is 0 Å². The van der Waals surface area contributed by atoms with Crippen LogP contribution in [0.25, 0.3) is 10.9 Å². The molecule has 0 saturated heterocycles. The molecule has 1 aliphatic carbocycles. The van der Waals surface area contributed by atoms with Gasteiger partial charge in [0.1, 0.15) is 5.82 Å². The lowest BCUT2D eigenvalue weighted by atomic mass is 9.96. The highest BCUT2D eigenvalue weighted by Gasteiger charge is 2.19. The van der Waals surface area contributed by atoms with Crippen LogP contribution in [-0.4, -0.2) is 21.0 Å². The molecule has 0 spiro atoms. The lowest BCUT2D eigenvalue weighted by Gasteiger charge is -2.31. The van der Waals surface area contributed by atoms with E-state index in [9.17, 15) is 9.18 Å². The van der Waals surface area contributed by atoms with Gasteiger partial charge < -0.3 is 15.2 Å². The Balaban J connectivity index is 1.62. The number of nitrogens with zero attached hydrogens (tertiary/aromatic N) is 1. The van der Waals surface area contributed by atoms with Gasteiger partial charge in [-0.25, -0.2) is 4.39 Å². The third kappa shape index (κ3) is 5.36. The number of benzene rings is 2. The number of hydrogen-bond donors (Lipinski definition) is 2. The fraction of sp³-hybridized carbons (Fsp3) is 0.385. The molecule has 168 valence electrons. The van der Waals surface area contributed by atoms with Crippen LogP contribution in [0.15, 0.2) is 47.3 Å². The second-order valence-corrected chi connectivity index (χ2v) is 9.32. The van der Waals surface area contributed by atoms with E-state index in [2.05, 4.69) is 29.4 Å². The fourth-order valence-corrected chi connectivity index (χ4v) is 4.87. The first-order valence-electron chi connectivity index (χ1n) is 11.3. The van der Waals surface area contributed by atoms with Crippen LogP contribution in [0.4, 0.5) is 4.39 Å². The fourth-order valence-electron chi connectivity index (χ4n) is 4.58. The average molecular weight is 452 g/mol. The van der Waals surface area contributed by atoms with E-state index in [4.69, 9.17) is 12.2 Å². The number of aromatic amines is 1. The Morgan fingerprint density at radius 3 is 2.53 bits per heavy atom. The smallest absolute Gasteiger partial charge is 0.253 e. The number of H-pyrrole nitrogens is 1. The van der Waals surface area contributed by atoms with Crippen molar-refractivity contribution in [3.63, 3.8) is 0 Å². The molecule has 1 heterocycles. The summed E-state index contributed by atoms with van der Waals surface area (Å²) < 4.78 is 13.4. The highest BCUT2D eigenvalue weighted by atomic mass is 32.1. The molecule has 0 aliphatic heterocycles. The van der Waals surface area contributed by atoms with Crippen molar-refractivity contribution in [3.05, 3.63) is 80.9 Å². The lowest BCUT2D eigenvalue weighted by Crippen LogP contribution is -2.45. The zero-order valence-electron chi connectivity index (χ0n) is 18.7. The topological polar surface area (TPSA) is 48.1 Å². The summed E-state index contributed by atoms with van der Waals surface area (Å²) in [6.45, 7) is 4.95. The maximum absolute atomic E-state index is 13.4. The van der Waals surface area contributed by atoms with Gasteiger partial charge in [-0.1, -0.05) is 43.0 Å². The highest BCUT2D eigenvalue weighted by Crippen LogP contribution is 2.21. The monoisotopic (exact) mass is 451 g/mol. The third-order valence-corrected chi connectivity index (χ3v) is 6.61. The summed E-state index contributed by atoms with van der Waals surface area (Å²) in [6.07, 6.45) is 5.91. The Morgan fingerprint density at radius 1 is 1.09 bits per heavy atom. The highest BCUT2D eigenvalue weighted by molar-refractivity contribution is 7.80. The first kappa shape index (κ1) is 22.5. The predicted octanol–water partition coefficient (Wildman–Crippen LogP) is 5.49. The summed E-state index contributed by atoms with van der Waals surface area (Å²) in [5.41, 5.74) is 4.60. The number of nitrogens with one attached hydrogen (secondary N) is 2. The largest absolute Gasteiger partial charge is 0.360 e. The SMILES string of the molecule is Cc1cc(C)c2[nH]c(=O)c(CN(Cc3ccc(F)cc3)C(=S)NC3CCCCC3)cc2c1. The Hall–Kier alpha value is -2.73. The molecule has 1 aliphatic rings. The number of rotatable bonds is 5.